The fourth-order valence-corrected chi connectivity index (χ4v) is 4.13. The van der Waals surface area contributed by atoms with Gasteiger partial charge in [-0.15, -0.1) is 10.2 Å². The van der Waals surface area contributed by atoms with Crippen LogP contribution in [0.2, 0.25) is 0 Å². The Hall–Kier alpha value is -3.44. The molecule has 0 spiro atoms. The molecule has 32 heavy (non-hydrogen) atoms. The van der Waals surface area contributed by atoms with Crippen LogP contribution in [0.4, 0.5) is 0 Å². The van der Waals surface area contributed by atoms with Crippen molar-refractivity contribution in [3.05, 3.63) is 77.1 Å². The first kappa shape index (κ1) is 23.2. The number of amides is 1. The molecule has 0 fully saturated rings. The zero-order chi connectivity index (χ0) is 23.1. The van der Waals surface area contributed by atoms with Crippen molar-refractivity contribution < 1.29 is 9.59 Å². The van der Waals surface area contributed by atoms with Crippen LogP contribution in [0, 0.1) is 17.2 Å². The van der Waals surface area contributed by atoms with Gasteiger partial charge in [0.1, 0.15) is 0 Å². The minimum Gasteiger partial charge on any atom is -0.342 e. The van der Waals surface area contributed by atoms with E-state index in [1.807, 2.05) is 49.6 Å². The third-order valence-corrected chi connectivity index (χ3v) is 5.96. The quantitative estimate of drug-likeness (QED) is 0.388. The fourth-order valence-electron chi connectivity index (χ4n) is 3.22. The summed E-state index contributed by atoms with van der Waals surface area (Å²) in [6.07, 6.45) is 0. The van der Waals surface area contributed by atoms with E-state index in [9.17, 15) is 9.59 Å². The second kappa shape index (κ2) is 10.7. The first-order valence-electron chi connectivity index (χ1n) is 10.4. The van der Waals surface area contributed by atoms with Crippen molar-refractivity contribution in [2.45, 2.75) is 38.5 Å². The molecule has 164 valence electrons. The van der Waals surface area contributed by atoms with E-state index in [4.69, 9.17) is 5.26 Å². The van der Waals surface area contributed by atoms with Crippen LogP contribution in [0.5, 0.6) is 0 Å². The monoisotopic (exact) mass is 447 g/mol. The van der Waals surface area contributed by atoms with Crippen molar-refractivity contribution in [2.75, 3.05) is 5.75 Å². The van der Waals surface area contributed by atoms with Crippen LogP contribution in [-0.4, -0.2) is 32.2 Å². The molecule has 0 saturated heterocycles. The van der Waals surface area contributed by atoms with Crippen LogP contribution >= 0.6 is 11.8 Å². The second-order valence-corrected chi connectivity index (χ2v) is 8.49. The standard InChI is InChI=1S/C24H25N5O2S/c1-4-29-22(21(16(2)3)26-23(31)19-8-6-5-7-9-19)27-28-24(29)32-15-20(30)18-12-10-17(14-25)11-13-18/h5-13,16,21H,4,15H2,1-3H3,(H,26,31)/t21-/m1/s1. The van der Waals surface area contributed by atoms with Crippen molar-refractivity contribution in [2.24, 2.45) is 5.92 Å². The molecule has 0 aliphatic rings. The number of nitrogens with one attached hydrogen (secondary N) is 1. The van der Waals surface area contributed by atoms with E-state index in [-0.39, 0.29) is 29.4 Å². The van der Waals surface area contributed by atoms with Crippen molar-refractivity contribution in [1.82, 2.24) is 20.1 Å². The fraction of sp³-hybridized carbons (Fsp3) is 0.292. The molecule has 0 unspecified atom stereocenters. The Labute approximate surface area is 191 Å². The predicted octanol–water partition coefficient (Wildman–Crippen LogP) is 4.27. The summed E-state index contributed by atoms with van der Waals surface area (Å²) in [5.41, 5.74) is 1.65. The summed E-state index contributed by atoms with van der Waals surface area (Å²) in [7, 11) is 0. The number of Topliss-reactive ketones (excluding diaryl/α,β-unsaturated/α-hetero) is 1. The Kier molecular flexibility index (Phi) is 7.79. The van der Waals surface area contributed by atoms with Gasteiger partial charge in [0.2, 0.25) is 0 Å². The lowest BCUT2D eigenvalue weighted by atomic mass is 10.0. The number of thioether (sulfide) groups is 1. The van der Waals surface area contributed by atoms with Gasteiger partial charge in [0.25, 0.3) is 5.91 Å². The number of carbonyl (C=O) groups excluding carboxylic acids is 2. The third kappa shape index (κ3) is 5.42. The van der Waals surface area contributed by atoms with Gasteiger partial charge >= 0.3 is 0 Å². The van der Waals surface area contributed by atoms with E-state index in [0.29, 0.717) is 34.2 Å². The van der Waals surface area contributed by atoms with Crippen LogP contribution in [0.15, 0.2) is 59.8 Å². The summed E-state index contributed by atoms with van der Waals surface area (Å²) in [6.45, 7) is 6.63. The number of rotatable bonds is 9. The normalized spacial score (nSPS) is 11.7. The number of aromatic nitrogens is 3. The van der Waals surface area contributed by atoms with Gasteiger partial charge in [-0.25, -0.2) is 0 Å². The third-order valence-electron chi connectivity index (χ3n) is 5.00. The summed E-state index contributed by atoms with van der Waals surface area (Å²) in [6, 6.07) is 17.4. The number of hydrogen-bond acceptors (Lipinski definition) is 6. The van der Waals surface area contributed by atoms with Gasteiger partial charge < -0.3 is 9.88 Å². The highest BCUT2D eigenvalue weighted by molar-refractivity contribution is 7.99. The first-order chi connectivity index (χ1) is 15.4. The number of nitrogens with zero attached hydrogens (tertiary/aromatic N) is 4. The summed E-state index contributed by atoms with van der Waals surface area (Å²) in [5, 5.41) is 21.3. The lowest BCUT2D eigenvalue weighted by Gasteiger charge is -2.22. The highest BCUT2D eigenvalue weighted by Gasteiger charge is 2.26. The molecule has 2 aromatic carbocycles. The highest BCUT2D eigenvalue weighted by atomic mass is 32.2. The van der Waals surface area contributed by atoms with E-state index >= 15 is 0 Å². The van der Waals surface area contributed by atoms with Crippen molar-refractivity contribution >= 4 is 23.5 Å². The van der Waals surface area contributed by atoms with E-state index in [2.05, 4.69) is 15.5 Å². The van der Waals surface area contributed by atoms with Crippen LogP contribution in [0.25, 0.3) is 0 Å². The molecule has 0 radical (unpaired) electrons. The van der Waals surface area contributed by atoms with Gasteiger partial charge in [0, 0.05) is 17.7 Å². The zero-order valence-electron chi connectivity index (χ0n) is 18.3. The van der Waals surface area contributed by atoms with Crippen LogP contribution in [-0.2, 0) is 6.54 Å². The Bertz CT molecular complexity index is 1120. The zero-order valence-corrected chi connectivity index (χ0v) is 19.1. The number of nitriles is 1. The number of carbonyl (C=O) groups is 2. The SMILES string of the molecule is CCn1c(SCC(=O)c2ccc(C#N)cc2)nnc1[C@H](NC(=O)c1ccccc1)C(C)C. The van der Waals surface area contributed by atoms with E-state index < -0.39 is 0 Å². The number of hydrogen-bond donors (Lipinski definition) is 1. The maximum Gasteiger partial charge on any atom is 0.251 e. The number of ketones is 1. The molecule has 1 atom stereocenters. The van der Waals surface area contributed by atoms with E-state index in [1.165, 1.54) is 11.8 Å². The molecule has 3 rings (SSSR count). The van der Waals surface area contributed by atoms with Gasteiger partial charge in [-0.2, -0.15) is 5.26 Å². The summed E-state index contributed by atoms with van der Waals surface area (Å²) in [4.78, 5) is 25.3. The molecular weight excluding hydrogens is 422 g/mol. The van der Waals surface area contributed by atoms with Gasteiger partial charge in [0.15, 0.2) is 16.8 Å². The van der Waals surface area contributed by atoms with Gasteiger partial charge in [-0.05, 0) is 37.1 Å². The Morgan fingerprint density at radius 2 is 1.75 bits per heavy atom. The van der Waals surface area contributed by atoms with E-state index in [1.54, 1.807) is 36.4 Å². The van der Waals surface area contributed by atoms with E-state index in [0.717, 1.165) is 0 Å². The minimum atomic E-state index is -0.321. The number of benzene rings is 2. The van der Waals surface area contributed by atoms with Gasteiger partial charge in [-0.1, -0.05) is 55.9 Å². The molecule has 7 nitrogen and oxygen atoms in total. The molecular formula is C24H25N5O2S. The van der Waals surface area contributed by atoms with Crippen molar-refractivity contribution in [1.29, 1.82) is 5.26 Å². The van der Waals surface area contributed by atoms with Crippen LogP contribution < -0.4 is 5.32 Å². The lowest BCUT2D eigenvalue weighted by Crippen LogP contribution is -2.33. The molecule has 1 amide bonds. The Morgan fingerprint density at radius 3 is 2.34 bits per heavy atom. The summed E-state index contributed by atoms with van der Waals surface area (Å²) >= 11 is 1.31. The average molecular weight is 448 g/mol. The molecule has 1 aromatic heterocycles. The molecule has 0 bridgehead atoms. The Morgan fingerprint density at radius 1 is 1.06 bits per heavy atom. The van der Waals surface area contributed by atoms with Crippen molar-refractivity contribution in [3.63, 3.8) is 0 Å². The Balaban J connectivity index is 1.75. The molecule has 0 saturated carbocycles. The minimum absolute atomic E-state index is 0.0514. The molecule has 1 heterocycles. The molecule has 1 N–H and O–H groups in total. The maximum atomic E-state index is 12.7. The maximum absolute atomic E-state index is 12.7. The molecule has 3 aromatic rings. The van der Waals surface area contributed by atoms with Gasteiger partial charge in [-0.3, -0.25) is 9.59 Å². The van der Waals surface area contributed by atoms with Gasteiger partial charge in [0.05, 0.1) is 23.4 Å². The average Bonchev–Trinajstić information content (AvgIpc) is 3.23. The predicted molar refractivity (Wildman–Crippen MR) is 123 cm³/mol. The summed E-state index contributed by atoms with van der Waals surface area (Å²) in [5.74, 6) is 0.743. The molecule has 0 aliphatic carbocycles. The smallest absolute Gasteiger partial charge is 0.251 e. The molecule has 0 aliphatic heterocycles. The first-order valence-corrected chi connectivity index (χ1v) is 11.4. The lowest BCUT2D eigenvalue weighted by molar-refractivity contribution is 0.0921. The highest BCUT2D eigenvalue weighted by Crippen LogP contribution is 2.26. The summed E-state index contributed by atoms with van der Waals surface area (Å²) < 4.78 is 1.94. The topological polar surface area (TPSA) is 101 Å². The largest absolute Gasteiger partial charge is 0.342 e. The second-order valence-electron chi connectivity index (χ2n) is 7.55. The molecule has 8 heteroatoms. The van der Waals surface area contributed by atoms with Crippen molar-refractivity contribution in [3.8, 4) is 6.07 Å². The van der Waals surface area contributed by atoms with Crippen LogP contribution in [0.3, 0.4) is 0 Å². The van der Waals surface area contributed by atoms with Crippen LogP contribution in [0.1, 0.15) is 58.9 Å².